The van der Waals surface area contributed by atoms with Gasteiger partial charge in [0.25, 0.3) is 0 Å². The van der Waals surface area contributed by atoms with Crippen LogP contribution < -0.4 is 14.8 Å². The molecular weight excluding hydrogens is 378 g/mol. The zero-order valence-electron chi connectivity index (χ0n) is 15.8. The zero-order chi connectivity index (χ0) is 19.9. The lowest BCUT2D eigenvalue weighted by atomic mass is 10.3. The molecule has 28 heavy (non-hydrogen) atoms. The van der Waals surface area contributed by atoms with E-state index < -0.39 is 5.25 Å². The molecule has 0 aliphatic rings. The third-order valence-electron chi connectivity index (χ3n) is 3.82. The van der Waals surface area contributed by atoms with Gasteiger partial charge in [0.05, 0.1) is 24.7 Å². The van der Waals surface area contributed by atoms with Crippen LogP contribution in [0, 0.1) is 0 Å². The zero-order valence-corrected chi connectivity index (χ0v) is 16.6. The molecule has 1 amide bonds. The molecule has 0 spiro atoms. The number of hydrogen-bond acceptors (Lipinski definition) is 7. The molecule has 0 saturated carbocycles. The van der Waals surface area contributed by atoms with Crippen molar-refractivity contribution in [3.05, 3.63) is 48.5 Å². The number of carbonyl (C=O) groups excluding carboxylic acids is 1. The number of nitrogens with zero attached hydrogens (tertiary/aromatic N) is 4. The molecule has 3 rings (SSSR count). The quantitative estimate of drug-likeness (QED) is 0.582. The summed E-state index contributed by atoms with van der Waals surface area (Å²) in [6.45, 7) is 4.34. The van der Waals surface area contributed by atoms with Crippen molar-refractivity contribution in [2.24, 2.45) is 0 Å². The van der Waals surface area contributed by atoms with Crippen LogP contribution in [0.5, 0.6) is 11.5 Å². The molecule has 1 atom stereocenters. The average molecular weight is 399 g/mol. The standard InChI is InChI=1S/C19H21N5O3S/c1-4-27-16-10-8-15(9-11-16)24-19(21-22-23-24)28-13(2)18(25)20-14-6-5-7-17(12-14)26-3/h5-13H,4H2,1-3H3,(H,20,25)/t13-/m1/s1. The van der Waals surface area contributed by atoms with Crippen LogP contribution in [0.1, 0.15) is 13.8 Å². The third-order valence-corrected chi connectivity index (χ3v) is 4.85. The van der Waals surface area contributed by atoms with Crippen molar-refractivity contribution in [1.29, 1.82) is 0 Å². The minimum absolute atomic E-state index is 0.153. The van der Waals surface area contributed by atoms with Crippen molar-refractivity contribution in [3.8, 4) is 17.2 Å². The van der Waals surface area contributed by atoms with Crippen LogP contribution >= 0.6 is 11.8 Å². The van der Waals surface area contributed by atoms with Gasteiger partial charge in [-0.05, 0) is 60.7 Å². The molecule has 0 bridgehead atoms. The van der Waals surface area contributed by atoms with Crippen LogP contribution in [0.2, 0.25) is 0 Å². The van der Waals surface area contributed by atoms with Crippen LogP contribution in [-0.4, -0.2) is 45.1 Å². The molecular formula is C19H21N5O3S. The summed E-state index contributed by atoms with van der Waals surface area (Å²) in [5.74, 6) is 1.30. The monoisotopic (exact) mass is 399 g/mol. The number of nitrogens with one attached hydrogen (secondary N) is 1. The number of carbonyl (C=O) groups is 1. The van der Waals surface area contributed by atoms with E-state index in [2.05, 4.69) is 20.8 Å². The fourth-order valence-corrected chi connectivity index (χ4v) is 3.23. The number of amides is 1. The summed E-state index contributed by atoms with van der Waals surface area (Å²) < 4.78 is 12.2. The maximum absolute atomic E-state index is 12.5. The molecule has 0 radical (unpaired) electrons. The van der Waals surface area contributed by atoms with Gasteiger partial charge in [-0.2, -0.15) is 4.68 Å². The van der Waals surface area contributed by atoms with Gasteiger partial charge in [-0.15, -0.1) is 5.10 Å². The molecule has 0 aliphatic carbocycles. The molecule has 0 unspecified atom stereocenters. The van der Waals surface area contributed by atoms with E-state index in [0.717, 1.165) is 11.4 Å². The van der Waals surface area contributed by atoms with Gasteiger partial charge in [0.1, 0.15) is 11.5 Å². The van der Waals surface area contributed by atoms with E-state index in [1.165, 1.54) is 11.8 Å². The highest BCUT2D eigenvalue weighted by atomic mass is 32.2. The summed E-state index contributed by atoms with van der Waals surface area (Å²) >= 11 is 1.28. The maximum Gasteiger partial charge on any atom is 0.237 e. The topological polar surface area (TPSA) is 91.2 Å². The first-order valence-electron chi connectivity index (χ1n) is 8.74. The van der Waals surface area contributed by atoms with Crippen molar-refractivity contribution < 1.29 is 14.3 Å². The van der Waals surface area contributed by atoms with Gasteiger partial charge in [-0.3, -0.25) is 4.79 Å². The normalized spacial score (nSPS) is 11.7. The number of rotatable bonds is 8. The molecule has 1 aromatic heterocycles. The number of methoxy groups -OCH3 is 1. The minimum Gasteiger partial charge on any atom is -0.497 e. The Morgan fingerprint density at radius 3 is 2.71 bits per heavy atom. The van der Waals surface area contributed by atoms with E-state index >= 15 is 0 Å². The number of benzene rings is 2. The van der Waals surface area contributed by atoms with E-state index in [9.17, 15) is 4.79 Å². The second-order valence-corrected chi connectivity index (χ2v) is 7.09. The fourth-order valence-electron chi connectivity index (χ4n) is 2.42. The van der Waals surface area contributed by atoms with Gasteiger partial charge in [-0.25, -0.2) is 0 Å². The molecule has 0 saturated heterocycles. The Labute approximate surface area is 167 Å². The largest absolute Gasteiger partial charge is 0.497 e. The van der Waals surface area contributed by atoms with Crippen LogP contribution in [-0.2, 0) is 4.79 Å². The van der Waals surface area contributed by atoms with Crippen molar-refractivity contribution in [2.75, 3.05) is 19.0 Å². The first-order chi connectivity index (χ1) is 13.6. The number of ether oxygens (including phenoxy) is 2. The van der Waals surface area contributed by atoms with Crippen molar-refractivity contribution >= 4 is 23.4 Å². The molecule has 1 N–H and O–H groups in total. The van der Waals surface area contributed by atoms with E-state index in [4.69, 9.17) is 9.47 Å². The summed E-state index contributed by atoms with van der Waals surface area (Å²) in [5, 5.41) is 14.8. The minimum atomic E-state index is -0.404. The smallest absolute Gasteiger partial charge is 0.237 e. The summed E-state index contributed by atoms with van der Waals surface area (Å²) in [5.41, 5.74) is 1.46. The van der Waals surface area contributed by atoms with E-state index in [1.54, 1.807) is 24.8 Å². The third kappa shape index (κ3) is 4.80. The number of anilines is 1. The van der Waals surface area contributed by atoms with Crippen molar-refractivity contribution in [1.82, 2.24) is 20.2 Å². The first-order valence-corrected chi connectivity index (χ1v) is 9.62. The van der Waals surface area contributed by atoms with Crippen molar-refractivity contribution in [3.63, 3.8) is 0 Å². The van der Waals surface area contributed by atoms with Gasteiger partial charge in [0, 0.05) is 11.8 Å². The fraction of sp³-hybridized carbons (Fsp3) is 0.263. The lowest BCUT2D eigenvalue weighted by Crippen LogP contribution is -2.22. The molecule has 2 aromatic carbocycles. The lowest BCUT2D eigenvalue weighted by molar-refractivity contribution is -0.115. The van der Waals surface area contributed by atoms with Gasteiger partial charge in [-0.1, -0.05) is 17.8 Å². The van der Waals surface area contributed by atoms with Crippen LogP contribution in [0.3, 0.4) is 0 Å². The van der Waals surface area contributed by atoms with Gasteiger partial charge in [0.15, 0.2) is 0 Å². The number of tetrazole rings is 1. The van der Waals surface area contributed by atoms with E-state index in [0.29, 0.717) is 23.2 Å². The molecule has 146 valence electrons. The number of thioether (sulfide) groups is 1. The highest BCUT2D eigenvalue weighted by molar-refractivity contribution is 8.00. The van der Waals surface area contributed by atoms with Gasteiger partial charge >= 0.3 is 0 Å². The van der Waals surface area contributed by atoms with E-state index in [1.807, 2.05) is 49.4 Å². The Balaban J connectivity index is 1.68. The molecule has 9 heteroatoms. The lowest BCUT2D eigenvalue weighted by Gasteiger charge is -2.12. The van der Waals surface area contributed by atoms with Gasteiger partial charge < -0.3 is 14.8 Å². The number of hydrogen-bond donors (Lipinski definition) is 1. The summed E-state index contributed by atoms with van der Waals surface area (Å²) in [7, 11) is 1.58. The first kappa shape index (κ1) is 19.7. The summed E-state index contributed by atoms with van der Waals surface area (Å²) in [4.78, 5) is 12.5. The van der Waals surface area contributed by atoms with E-state index in [-0.39, 0.29) is 5.91 Å². The highest BCUT2D eigenvalue weighted by Gasteiger charge is 2.19. The predicted molar refractivity (Wildman–Crippen MR) is 107 cm³/mol. The van der Waals surface area contributed by atoms with Crippen molar-refractivity contribution in [2.45, 2.75) is 24.3 Å². The Kier molecular flexibility index (Phi) is 6.49. The van der Waals surface area contributed by atoms with Crippen LogP contribution in [0.25, 0.3) is 5.69 Å². The molecule has 3 aromatic rings. The van der Waals surface area contributed by atoms with Gasteiger partial charge in [0.2, 0.25) is 11.1 Å². The molecule has 0 fully saturated rings. The maximum atomic E-state index is 12.5. The van der Waals surface area contributed by atoms with Crippen LogP contribution in [0.15, 0.2) is 53.7 Å². The summed E-state index contributed by atoms with van der Waals surface area (Å²) in [6, 6.07) is 14.7. The Bertz CT molecular complexity index is 929. The summed E-state index contributed by atoms with van der Waals surface area (Å²) in [6.07, 6.45) is 0. The second-order valence-electron chi connectivity index (χ2n) is 5.78. The molecule has 1 heterocycles. The highest BCUT2D eigenvalue weighted by Crippen LogP contribution is 2.25. The Hall–Kier alpha value is -3.07. The molecule has 0 aliphatic heterocycles. The molecule has 8 nitrogen and oxygen atoms in total. The number of aromatic nitrogens is 4. The second kappa shape index (κ2) is 9.23. The van der Waals surface area contributed by atoms with Crippen LogP contribution in [0.4, 0.5) is 5.69 Å². The Morgan fingerprint density at radius 2 is 2.00 bits per heavy atom. The average Bonchev–Trinajstić information content (AvgIpc) is 3.17. The predicted octanol–water partition coefficient (Wildman–Crippen LogP) is 3.19. The Morgan fingerprint density at radius 1 is 1.21 bits per heavy atom. The SMILES string of the molecule is CCOc1ccc(-n2nnnc2S[C@H](C)C(=O)Nc2cccc(OC)c2)cc1.